The summed E-state index contributed by atoms with van der Waals surface area (Å²) >= 11 is 0. The molecule has 4 nitrogen and oxygen atoms in total. The normalized spacial score (nSPS) is 12.4. The minimum absolute atomic E-state index is 0.219. The van der Waals surface area contributed by atoms with E-state index in [1.165, 1.54) is 6.07 Å². The molecule has 5 heteroatoms. The van der Waals surface area contributed by atoms with E-state index in [0.29, 0.717) is 26.2 Å². The monoisotopic (exact) mass is 396 g/mol. The van der Waals surface area contributed by atoms with E-state index in [-0.39, 0.29) is 5.82 Å². The van der Waals surface area contributed by atoms with Crippen molar-refractivity contribution in [1.82, 2.24) is 9.47 Å². The fourth-order valence-corrected chi connectivity index (χ4v) is 3.50. The van der Waals surface area contributed by atoms with E-state index < -0.39 is 6.10 Å². The average Bonchev–Trinajstić information content (AvgIpc) is 3.15. The van der Waals surface area contributed by atoms with Crippen LogP contribution in [0, 0.1) is 5.82 Å². The zero-order valence-corrected chi connectivity index (χ0v) is 16.9. The number of aliphatic hydroxyl groups is 1. The van der Waals surface area contributed by atoms with Gasteiger partial charge in [0.25, 0.3) is 0 Å². The molecule has 0 radical (unpaired) electrons. The van der Waals surface area contributed by atoms with E-state index >= 15 is 0 Å². The minimum atomic E-state index is -0.551. The number of aliphatic hydroxyl groups excluding tert-OH is 1. The quantitative estimate of drug-likeness (QED) is 0.493. The van der Waals surface area contributed by atoms with Crippen molar-refractivity contribution in [1.29, 1.82) is 0 Å². The van der Waals surface area contributed by atoms with Crippen LogP contribution in [0.2, 0.25) is 0 Å². The van der Waals surface area contributed by atoms with Crippen LogP contribution in [0.1, 0.15) is 29.3 Å². The van der Waals surface area contributed by atoms with Crippen molar-refractivity contribution < 1.29 is 14.2 Å². The smallest absolute Gasteiger partial charge is 0.123 e. The van der Waals surface area contributed by atoms with Gasteiger partial charge in [-0.2, -0.15) is 0 Å². The SMILES string of the molecule is COCCCN(Cc1cccn1Cc1cccc(F)c1)CC(O)c1ccccc1. The summed E-state index contributed by atoms with van der Waals surface area (Å²) in [5, 5.41) is 10.7. The van der Waals surface area contributed by atoms with E-state index in [9.17, 15) is 9.50 Å². The molecule has 1 N–H and O–H groups in total. The third kappa shape index (κ3) is 6.53. The third-order valence-corrected chi connectivity index (χ3v) is 4.99. The maximum absolute atomic E-state index is 13.5. The Morgan fingerprint density at radius 2 is 1.90 bits per heavy atom. The number of methoxy groups -OCH3 is 1. The number of rotatable bonds is 11. The van der Waals surface area contributed by atoms with Gasteiger partial charge in [-0.05, 0) is 41.8 Å². The lowest BCUT2D eigenvalue weighted by atomic mass is 10.1. The molecular weight excluding hydrogens is 367 g/mol. The standard InChI is InChI=1S/C24H29FN2O2/c1-29-15-7-13-26(19-24(28)21-9-3-2-4-10-21)18-23-12-6-14-27(23)17-20-8-5-11-22(25)16-20/h2-6,8-12,14,16,24,28H,7,13,15,17-19H2,1H3. The zero-order chi connectivity index (χ0) is 20.5. The molecule has 154 valence electrons. The molecule has 2 aromatic carbocycles. The molecule has 1 heterocycles. The number of aromatic nitrogens is 1. The van der Waals surface area contributed by atoms with Crippen molar-refractivity contribution >= 4 is 0 Å². The Bertz CT molecular complexity index is 866. The highest BCUT2D eigenvalue weighted by Crippen LogP contribution is 2.17. The van der Waals surface area contributed by atoms with Crippen LogP contribution in [0.15, 0.2) is 72.9 Å². The van der Waals surface area contributed by atoms with Crippen LogP contribution >= 0.6 is 0 Å². The fraction of sp³-hybridized carbons (Fsp3) is 0.333. The van der Waals surface area contributed by atoms with Gasteiger partial charge in [0.05, 0.1) is 6.10 Å². The maximum atomic E-state index is 13.5. The van der Waals surface area contributed by atoms with Gasteiger partial charge in [-0.1, -0.05) is 42.5 Å². The second-order valence-electron chi connectivity index (χ2n) is 7.27. The Morgan fingerprint density at radius 1 is 1.07 bits per heavy atom. The van der Waals surface area contributed by atoms with E-state index in [2.05, 4.69) is 15.5 Å². The Kier molecular flexibility index (Phi) is 7.99. The molecule has 0 aliphatic heterocycles. The summed E-state index contributed by atoms with van der Waals surface area (Å²) in [6, 6.07) is 20.5. The fourth-order valence-electron chi connectivity index (χ4n) is 3.50. The van der Waals surface area contributed by atoms with Gasteiger partial charge < -0.3 is 14.4 Å². The second kappa shape index (κ2) is 10.9. The predicted molar refractivity (Wildman–Crippen MR) is 113 cm³/mol. The van der Waals surface area contributed by atoms with Crippen molar-refractivity contribution in [3.05, 3.63) is 95.6 Å². The van der Waals surface area contributed by atoms with Gasteiger partial charge in [0, 0.05) is 51.8 Å². The summed E-state index contributed by atoms with van der Waals surface area (Å²) in [6.07, 6.45) is 2.36. The summed E-state index contributed by atoms with van der Waals surface area (Å²) in [6.45, 7) is 3.37. The van der Waals surface area contributed by atoms with Gasteiger partial charge in [-0.25, -0.2) is 4.39 Å². The zero-order valence-electron chi connectivity index (χ0n) is 16.9. The number of nitrogens with zero attached hydrogens (tertiary/aromatic N) is 2. The molecule has 0 aliphatic rings. The summed E-state index contributed by atoms with van der Waals surface area (Å²) in [5.74, 6) is -0.219. The molecule has 0 saturated heterocycles. The van der Waals surface area contributed by atoms with E-state index in [0.717, 1.165) is 29.8 Å². The summed E-state index contributed by atoms with van der Waals surface area (Å²) < 4.78 is 20.9. The van der Waals surface area contributed by atoms with Gasteiger partial charge in [-0.3, -0.25) is 4.90 Å². The Morgan fingerprint density at radius 3 is 2.66 bits per heavy atom. The molecule has 0 saturated carbocycles. The lowest BCUT2D eigenvalue weighted by Gasteiger charge is -2.26. The number of halogens is 1. The Labute approximate surface area is 172 Å². The highest BCUT2D eigenvalue weighted by Gasteiger charge is 2.15. The van der Waals surface area contributed by atoms with E-state index in [1.807, 2.05) is 48.7 Å². The van der Waals surface area contributed by atoms with Crippen LogP contribution in [-0.2, 0) is 17.8 Å². The number of hydrogen-bond acceptors (Lipinski definition) is 3. The first-order chi connectivity index (χ1) is 14.2. The first kappa shape index (κ1) is 21.2. The average molecular weight is 397 g/mol. The number of benzene rings is 2. The van der Waals surface area contributed by atoms with Crippen molar-refractivity contribution in [2.45, 2.75) is 25.6 Å². The third-order valence-electron chi connectivity index (χ3n) is 4.99. The van der Waals surface area contributed by atoms with Gasteiger partial charge >= 0.3 is 0 Å². The van der Waals surface area contributed by atoms with Crippen LogP contribution in [-0.4, -0.2) is 41.4 Å². The molecule has 1 atom stereocenters. The molecule has 0 amide bonds. The minimum Gasteiger partial charge on any atom is -0.387 e. The highest BCUT2D eigenvalue weighted by molar-refractivity contribution is 5.20. The maximum Gasteiger partial charge on any atom is 0.123 e. The van der Waals surface area contributed by atoms with Gasteiger partial charge in [-0.15, -0.1) is 0 Å². The van der Waals surface area contributed by atoms with Crippen LogP contribution in [0.5, 0.6) is 0 Å². The molecule has 0 fully saturated rings. The lowest BCUT2D eigenvalue weighted by Crippen LogP contribution is -2.31. The largest absolute Gasteiger partial charge is 0.387 e. The van der Waals surface area contributed by atoms with Crippen molar-refractivity contribution in [2.75, 3.05) is 26.8 Å². The van der Waals surface area contributed by atoms with Crippen LogP contribution in [0.3, 0.4) is 0 Å². The molecule has 0 bridgehead atoms. The van der Waals surface area contributed by atoms with Gasteiger partial charge in [0.2, 0.25) is 0 Å². The van der Waals surface area contributed by atoms with Gasteiger partial charge in [0.15, 0.2) is 0 Å². The summed E-state index contributed by atoms with van der Waals surface area (Å²) in [5.41, 5.74) is 2.98. The van der Waals surface area contributed by atoms with E-state index in [1.54, 1.807) is 19.2 Å². The molecule has 29 heavy (non-hydrogen) atoms. The number of hydrogen-bond donors (Lipinski definition) is 1. The van der Waals surface area contributed by atoms with Crippen molar-refractivity contribution in [3.63, 3.8) is 0 Å². The van der Waals surface area contributed by atoms with Crippen LogP contribution in [0.4, 0.5) is 4.39 Å². The highest BCUT2D eigenvalue weighted by atomic mass is 19.1. The van der Waals surface area contributed by atoms with E-state index in [4.69, 9.17) is 4.74 Å². The Balaban J connectivity index is 1.69. The molecule has 3 aromatic rings. The van der Waals surface area contributed by atoms with Crippen LogP contribution < -0.4 is 0 Å². The topological polar surface area (TPSA) is 37.6 Å². The molecule has 1 unspecified atom stereocenters. The molecule has 3 rings (SSSR count). The van der Waals surface area contributed by atoms with Crippen molar-refractivity contribution in [3.8, 4) is 0 Å². The lowest BCUT2D eigenvalue weighted by molar-refractivity contribution is 0.0983. The predicted octanol–water partition coefficient (Wildman–Crippen LogP) is 4.25. The Hall–Kier alpha value is -2.47. The van der Waals surface area contributed by atoms with Crippen molar-refractivity contribution in [2.24, 2.45) is 0 Å². The molecular formula is C24H29FN2O2. The first-order valence-corrected chi connectivity index (χ1v) is 9.98. The summed E-state index contributed by atoms with van der Waals surface area (Å²) in [7, 11) is 1.70. The number of ether oxygens (including phenoxy) is 1. The molecule has 0 aliphatic carbocycles. The van der Waals surface area contributed by atoms with Gasteiger partial charge in [0.1, 0.15) is 5.82 Å². The second-order valence-corrected chi connectivity index (χ2v) is 7.27. The molecule has 0 spiro atoms. The summed E-state index contributed by atoms with van der Waals surface area (Å²) in [4.78, 5) is 2.24. The first-order valence-electron chi connectivity index (χ1n) is 9.98. The van der Waals surface area contributed by atoms with Crippen LogP contribution in [0.25, 0.3) is 0 Å². The molecule has 1 aromatic heterocycles.